The van der Waals surface area contributed by atoms with Crippen LogP contribution in [0, 0.1) is 0 Å². The first kappa shape index (κ1) is 16.4. The lowest BCUT2D eigenvalue weighted by Crippen LogP contribution is -2.39. The van der Waals surface area contributed by atoms with E-state index < -0.39 is 0 Å². The van der Waals surface area contributed by atoms with E-state index in [1.54, 1.807) is 6.07 Å². The molecule has 27 heavy (non-hydrogen) atoms. The summed E-state index contributed by atoms with van der Waals surface area (Å²) in [6, 6.07) is 20.9. The molecule has 5 rings (SSSR count). The summed E-state index contributed by atoms with van der Waals surface area (Å²) in [6.07, 6.45) is 2.95. The largest absolute Gasteiger partial charge is 0.504 e. The van der Waals surface area contributed by atoms with Gasteiger partial charge in [-0.15, -0.1) is 0 Å². The van der Waals surface area contributed by atoms with Crippen LogP contribution in [-0.2, 0) is 19.3 Å². The maximum Gasteiger partial charge on any atom is 0.165 e. The van der Waals surface area contributed by atoms with Gasteiger partial charge in [0.1, 0.15) is 0 Å². The van der Waals surface area contributed by atoms with Crippen LogP contribution in [0.4, 0.5) is 0 Å². The quantitative estimate of drug-likeness (QED) is 0.680. The third-order valence-corrected chi connectivity index (χ3v) is 6.09. The fourth-order valence-corrected chi connectivity index (χ4v) is 4.76. The molecule has 136 valence electrons. The topological polar surface area (TPSA) is 43.7 Å². The summed E-state index contributed by atoms with van der Waals surface area (Å²) in [5.74, 6) is -0.0256. The van der Waals surface area contributed by atoms with Crippen LogP contribution in [0.3, 0.4) is 0 Å². The minimum Gasteiger partial charge on any atom is -0.504 e. The van der Waals surface area contributed by atoms with Crippen LogP contribution in [0.2, 0.25) is 0 Å². The van der Waals surface area contributed by atoms with E-state index in [0.29, 0.717) is 6.04 Å². The van der Waals surface area contributed by atoms with Gasteiger partial charge >= 0.3 is 0 Å². The average molecular weight is 357 g/mol. The third-order valence-electron chi connectivity index (χ3n) is 6.09. The minimum atomic E-state index is -0.0402. The zero-order valence-electron chi connectivity index (χ0n) is 15.2. The molecule has 0 aromatic heterocycles. The first-order chi connectivity index (χ1) is 13.2. The zero-order chi connectivity index (χ0) is 18.4. The summed E-state index contributed by atoms with van der Waals surface area (Å²) in [4.78, 5) is 2.59. The Morgan fingerprint density at radius 3 is 2.59 bits per heavy atom. The molecule has 1 atom stereocenters. The van der Waals surface area contributed by atoms with Gasteiger partial charge in [-0.3, -0.25) is 4.90 Å². The number of hydrogen-bond donors (Lipinski definition) is 2. The first-order valence-corrected chi connectivity index (χ1v) is 9.66. The average Bonchev–Trinajstić information content (AvgIpc) is 2.71. The summed E-state index contributed by atoms with van der Waals surface area (Å²) < 4.78 is 0. The van der Waals surface area contributed by atoms with E-state index in [9.17, 15) is 10.2 Å². The minimum absolute atomic E-state index is 0.0146. The summed E-state index contributed by atoms with van der Waals surface area (Å²) in [5, 5.41) is 20.5. The van der Waals surface area contributed by atoms with Crippen molar-refractivity contribution in [1.29, 1.82) is 0 Å². The molecule has 0 amide bonds. The van der Waals surface area contributed by atoms with E-state index in [0.717, 1.165) is 49.0 Å². The molecule has 3 aromatic carbocycles. The molecule has 1 heterocycles. The number of rotatable bonds is 3. The summed E-state index contributed by atoms with van der Waals surface area (Å²) >= 11 is 0. The molecule has 0 fully saturated rings. The second kappa shape index (κ2) is 6.43. The highest BCUT2D eigenvalue weighted by Gasteiger charge is 2.35. The Kier molecular flexibility index (Phi) is 3.91. The van der Waals surface area contributed by atoms with Gasteiger partial charge in [0, 0.05) is 24.7 Å². The monoisotopic (exact) mass is 357 g/mol. The molecule has 3 nitrogen and oxygen atoms in total. The fourth-order valence-electron chi connectivity index (χ4n) is 4.76. The number of phenols is 2. The van der Waals surface area contributed by atoms with E-state index in [1.807, 2.05) is 6.07 Å². The van der Waals surface area contributed by atoms with E-state index in [4.69, 9.17) is 0 Å². The normalized spacial score (nSPS) is 18.0. The smallest absolute Gasteiger partial charge is 0.165 e. The molecule has 1 aliphatic carbocycles. The molecule has 2 aliphatic rings. The van der Waals surface area contributed by atoms with Crippen molar-refractivity contribution >= 4 is 0 Å². The second-order valence-corrected chi connectivity index (χ2v) is 7.59. The van der Waals surface area contributed by atoms with Crippen molar-refractivity contribution in [1.82, 2.24) is 4.90 Å². The Morgan fingerprint density at radius 1 is 0.889 bits per heavy atom. The Hall–Kier alpha value is -2.78. The number of benzene rings is 3. The molecule has 3 aromatic rings. The Labute approximate surface area is 159 Å². The van der Waals surface area contributed by atoms with Crippen LogP contribution in [0.5, 0.6) is 11.5 Å². The van der Waals surface area contributed by atoms with Crippen molar-refractivity contribution in [2.45, 2.75) is 25.3 Å². The molecule has 0 saturated heterocycles. The van der Waals surface area contributed by atoms with Crippen molar-refractivity contribution in [2.75, 3.05) is 13.1 Å². The van der Waals surface area contributed by atoms with Crippen LogP contribution >= 0.6 is 0 Å². The van der Waals surface area contributed by atoms with Crippen molar-refractivity contribution in [3.05, 3.63) is 82.9 Å². The number of hydrogen-bond acceptors (Lipinski definition) is 3. The standard InChI is InChI=1S/C24H23NO2/c26-21-10-9-18-15-20-22-17(7-4-8-19(22)23(18)24(21)27)12-14-25(20)13-11-16-5-2-1-3-6-16/h1-10,20,26-27H,11-15H2/t20-/m1/s1. The highest BCUT2D eigenvalue weighted by molar-refractivity contribution is 5.82. The van der Waals surface area contributed by atoms with Crippen molar-refractivity contribution in [2.24, 2.45) is 0 Å². The summed E-state index contributed by atoms with van der Waals surface area (Å²) in [5.41, 5.74) is 7.10. The van der Waals surface area contributed by atoms with Gasteiger partial charge in [0.25, 0.3) is 0 Å². The molecule has 0 unspecified atom stereocenters. The lowest BCUT2D eigenvalue weighted by atomic mass is 9.76. The zero-order valence-corrected chi connectivity index (χ0v) is 15.2. The highest BCUT2D eigenvalue weighted by Crippen LogP contribution is 2.50. The van der Waals surface area contributed by atoms with E-state index in [-0.39, 0.29) is 11.5 Å². The van der Waals surface area contributed by atoms with Crippen molar-refractivity contribution in [3.8, 4) is 22.6 Å². The second-order valence-electron chi connectivity index (χ2n) is 7.59. The molecular weight excluding hydrogens is 334 g/mol. The summed E-state index contributed by atoms with van der Waals surface area (Å²) in [7, 11) is 0. The van der Waals surface area contributed by atoms with Gasteiger partial charge < -0.3 is 10.2 Å². The molecule has 0 spiro atoms. The van der Waals surface area contributed by atoms with Gasteiger partial charge in [-0.05, 0) is 53.1 Å². The van der Waals surface area contributed by atoms with Crippen molar-refractivity contribution < 1.29 is 10.2 Å². The molecule has 0 saturated carbocycles. The Balaban J connectivity index is 1.53. The fraction of sp³-hybridized carbons (Fsp3) is 0.250. The van der Waals surface area contributed by atoms with Gasteiger partial charge in [-0.1, -0.05) is 54.6 Å². The summed E-state index contributed by atoms with van der Waals surface area (Å²) in [6.45, 7) is 2.09. The predicted octanol–water partition coefficient (Wildman–Crippen LogP) is 4.46. The van der Waals surface area contributed by atoms with Crippen LogP contribution in [0.25, 0.3) is 11.1 Å². The number of fused-ring (bicyclic) bond motifs is 2. The Morgan fingerprint density at radius 2 is 1.74 bits per heavy atom. The van der Waals surface area contributed by atoms with Gasteiger partial charge in [0.2, 0.25) is 0 Å². The van der Waals surface area contributed by atoms with Crippen LogP contribution < -0.4 is 0 Å². The molecular formula is C24H23NO2. The molecule has 2 N–H and O–H groups in total. The molecule has 0 bridgehead atoms. The van der Waals surface area contributed by atoms with E-state index >= 15 is 0 Å². The van der Waals surface area contributed by atoms with Gasteiger partial charge in [-0.25, -0.2) is 0 Å². The predicted molar refractivity (Wildman–Crippen MR) is 107 cm³/mol. The molecule has 0 radical (unpaired) electrons. The Bertz CT molecular complexity index is 997. The first-order valence-electron chi connectivity index (χ1n) is 9.66. The number of phenolic OH excluding ortho intramolecular Hbond substituents is 2. The molecule has 3 heteroatoms. The lowest BCUT2D eigenvalue weighted by Gasteiger charge is -2.42. The highest BCUT2D eigenvalue weighted by atomic mass is 16.3. The maximum atomic E-state index is 10.5. The van der Waals surface area contributed by atoms with Crippen LogP contribution in [0.1, 0.15) is 28.3 Å². The van der Waals surface area contributed by atoms with Crippen LogP contribution in [0.15, 0.2) is 60.7 Å². The van der Waals surface area contributed by atoms with E-state index in [2.05, 4.69) is 53.4 Å². The van der Waals surface area contributed by atoms with Gasteiger partial charge in [0.05, 0.1) is 0 Å². The lowest BCUT2D eigenvalue weighted by molar-refractivity contribution is 0.184. The van der Waals surface area contributed by atoms with Gasteiger partial charge in [-0.2, -0.15) is 0 Å². The maximum absolute atomic E-state index is 10.5. The number of aromatic hydroxyl groups is 2. The van der Waals surface area contributed by atoms with Crippen LogP contribution in [-0.4, -0.2) is 28.2 Å². The molecule has 1 aliphatic heterocycles. The third kappa shape index (κ3) is 2.70. The van der Waals surface area contributed by atoms with Gasteiger partial charge in [0.15, 0.2) is 11.5 Å². The van der Waals surface area contributed by atoms with Crippen molar-refractivity contribution in [3.63, 3.8) is 0 Å². The SMILES string of the molecule is Oc1ccc2c(c1O)-c1cccc3c1[C@@H](C2)N(CCc1ccccc1)CC3. The number of nitrogens with zero attached hydrogens (tertiary/aromatic N) is 1. The van der Waals surface area contributed by atoms with E-state index in [1.165, 1.54) is 16.7 Å².